The van der Waals surface area contributed by atoms with Crippen LogP contribution in [-0.2, 0) is 6.54 Å². The average Bonchev–Trinajstić information content (AvgIpc) is 2.78. The van der Waals surface area contributed by atoms with Crippen molar-refractivity contribution in [1.29, 1.82) is 0 Å². The van der Waals surface area contributed by atoms with Crippen molar-refractivity contribution in [2.24, 2.45) is 5.41 Å². The van der Waals surface area contributed by atoms with E-state index in [1.54, 1.807) is 0 Å². The third-order valence-electron chi connectivity index (χ3n) is 3.16. The molecule has 90 valence electrons. The smallest absolute Gasteiger partial charge is 0.113 e. The Morgan fingerprint density at radius 2 is 1.88 bits per heavy atom. The zero-order chi connectivity index (χ0) is 12.3. The molecular weight excluding hydrogens is 210 g/mol. The highest BCUT2D eigenvalue weighted by molar-refractivity contribution is 5.57. The monoisotopic (exact) mass is 229 g/mol. The minimum Gasteiger partial charge on any atom is -0.251 e. The van der Waals surface area contributed by atoms with Crippen LogP contribution < -0.4 is 0 Å². The summed E-state index contributed by atoms with van der Waals surface area (Å²) in [5.74, 6) is 0. The molecule has 0 aliphatic heterocycles. The molecule has 0 saturated heterocycles. The molecule has 17 heavy (non-hydrogen) atoms. The second kappa shape index (κ2) is 4.70. The molecule has 0 spiro atoms. The van der Waals surface area contributed by atoms with Gasteiger partial charge in [-0.25, -0.2) is 0 Å². The summed E-state index contributed by atoms with van der Waals surface area (Å²) in [5.41, 5.74) is 2.33. The van der Waals surface area contributed by atoms with Gasteiger partial charge >= 0.3 is 0 Å². The maximum absolute atomic E-state index is 4.22. The molecule has 1 aromatic carbocycles. The molecule has 0 bridgehead atoms. The van der Waals surface area contributed by atoms with Crippen LogP contribution in [-0.4, -0.2) is 15.0 Å². The first-order valence-electron chi connectivity index (χ1n) is 6.06. The van der Waals surface area contributed by atoms with Gasteiger partial charge in [0.15, 0.2) is 0 Å². The molecule has 2 aromatic rings. The van der Waals surface area contributed by atoms with Crippen molar-refractivity contribution in [3.8, 4) is 11.3 Å². The molecule has 1 heterocycles. The number of hydrogen-bond acceptors (Lipinski definition) is 2. The topological polar surface area (TPSA) is 30.7 Å². The van der Waals surface area contributed by atoms with E-state index in [1.165, 1.54) is 0 Å². The lowest BCUT2D eigenvalue weighted by Gasteiger charge is -2.21. The number of aromatic nitrogens is 3. The van der Waals surface area contributed by atoms with E-state index in [0.717, 1.165) is 24.2 Å². The summed E-state index contributed by atoms with van der Waals surface area (Å²) in [6.07, 6.45) is 3.15. The van der Waals surface area contributed by atoms with E-state index in [-0.39, 0.29) is 5.41 Å². The molecule has 1 aromatic heterocycles. The third-order valence-corrected chi connectivity index (χ3v) is 3.16. The molecule has 2 rings (SSSR count). The van der Waals surface area contributed by atoms with Crippen molar-refractivity contribution in [2.45, 2.75) is 33.7 Å². The number of rotatable bonds is 4. The van der Waals surface area contributed by atoms with Crippen molar-refractivity contribution >= 4 is 0 Å². The Kier molecular flexibility index (Phi) is 3.27. The Morgan fingerprint density at radius 1 is 1.18 bits per heavy atom. The predicted octanol–water partition coefficient (Wildman–Crippen LogP) is 3.38. The van der Waals surface area contributed by atoms with Gasteiger partial charge in [0.2, 0.25) is 0 Å². The van der Waals surface area contributed by atoms with Crippen molar-refractivity contribution < 1.29 is 0 Å². The molecule has 3 heteroatoms. The Morgan fingerprint density at radius 3 is 2.53 bits per heavy atom. The second-order valence-corrected chi connectivity index (χ2v) is 5.19. The molecular formula is C14H19N3. The van der Waals surface area contributed by atoms with E-state index >= 15 is 0 Å². The number of hydrogen-bond donors (Lipinski definition) is 0. The second-order valence-electron chi connectivity index (χ2n) is 5.19. The van der Waals surface area contributed by atoms with Crippen LogP contribution >= 0.6 is 0 Å². The highest BCUT2D eigenvalue weighted by Crippen LogP contribution is 2.23. The summed E-state index contributed by atoms with van der Waals surface area (Å²) in [6.45, 7) is 7.60. The fourth-order valence-electron chi connectivity index (χ4n) is 1.67. The van der Waals surface area contributed by atoms with Crippen LogP contribution in [0.15, 0.2) is 36.5 Å². The summed E-state index contributed by atoms with van der Waals surface area (Å²) in [6, 6.07) is 10.2. The summed E-state index contributed by atoms with van der Waals surface area (Å²) < 4.78 is 1.94. The van der Waals surface area contributed by atoms with E-state index in [0.29, 0.717) is 0 Å². The number of benzene rings is 1. The van der Waals surface area contributed by atoms with Gasteiger partial charge < -0.3 is 0 Å². The van der Waals surface area contributed by atoms with Crippen LogP contribution in [0, 0.1) is 5.41 Å². The van der Waals surface area contributed by atoms with Crippen molar-refractivity contribution in [3.63, 3.8) is 0 Å². The Balaban J connectivity index is 2.17. The van der Waals surface area contributed by atoms with Crippen molar-refractivity contribution in [1.82, 2.24) is 15.0 Å². The minimum atomic E-state index is 0.266. The van der Waals surface area contributed by atoms with Crippen LogP contribution in [0.1, 0.15) is 27.2 Å². The summed E-state index contributed by atoms with van der Waals surface area (Å²) in [7, 11) is 0. The van der Waals surface area contributed by atoms with E-state index in [1.807, 2.05) is 29.1 Å². The highest BCUT2D eigenvalue weighted by atomic mass is 15.4. The van der Waals surface area contributed by atoms with Crippen molar-refractivity contribution in [2.75, 3.05) is 0 Å². The minimum absolute atomic E-state index is 0.266. The van der Waals surface area contributed by atoms with Gasteiger partial charge in [0.05, 0.1) is 6.20 Å². The Bertz CT molecular complexity index is 471. The van der Waals surface area contributed by atoms with Gasteiger partial charge in [-0.05, 0) is 11.8 Å². The molecule has 0 saturated carbocycles. The fourth-order valence-corrected chi connectivity index (χ4v) is 1.67. The first-order chi connectivity index (χ1) is 8.11. The fraction of sp³-hybridized carbons (Fsp3) is 0.429. The first kappa shape index (κ1) is 11.8. The lowest BCUT2D eigenvalue weighted by Crippen LogP contribution is -2.18. The summed E-state index contributed by atoms with van der Waals surface area (Å²) in [4.78, 5) is 0. The molecule has 0 radical (unpaired) electrons. The Hall–Kier alpha value is -1.64. The van der Waals surface area contributed by atoms with Gasteiger partial charge in [-0.2, -0.15) is 0 Å². The van der Waals surface area contributed by atoms with Crippen LogP contribution in [0.4, 0.5) is 0 Å². The molecule has 3 nitrogen and oxygen atoms in total. The largest absolute Gasteiger partial charge is 0.251 e. The van der Waals surface area contributed by atoms with E-state index in [4.69, 9.17) is 0 Å². The first-order valence-corrected chi connectivity index (χ1v) is 6.06. The highest BCUT2D eigenvalue weighted by Gasteiger charge is 2.16. The lowest BCUT2D eigenvalue weighted by molar-refractivity contribution is 0.277. The van der Waals surface area contributed by atoms with E-state index in [9.17, 15) is 0 Å². The normalized spacial score (nSPS) is 11.7. The Labute approximate surface area is 102 Å². The van der Waals surface area contributed by atoms with Gasteiger partial charge in [-0.15, -0.1) is 5.10 Å². The van der Waals surface area contributed by atoms with Gasteiger partial charge in [0.25, 0.3) is 0 Å². The standard InChI is InChI=1S/C14H19N3/c1-4-14(2,3)11-17-10-13(15-16-17)12-8-6-5-7-9-12/h5-10H,4,11H2,1-3H3. The molecule has 0 fully saturated rings. The van der Waals surface area contributed by atoms with E-state index in [2.05, 4.69) is 43.2 Å². The molecule has 0 N–H and O–H groups in total. The van der Waals surface area contributed by atoms with Crippen molar-refractivity contribution in [3.05, 3.63) is 36.5 Å². The van der Waals surface area contributed by atoms with Crippen LogP contribution in [0.5, 0.6) is 0 Å². The third kappa shape index (κ3) is 2.93. The van der Waals surface area contributed by atoms with Gasteiger partial charge in [-0.3, -0.25) is 4.68 Å². The molecule has 0 aliphatic rings. The average molecular weight is 229 g/mol. The maximum Gasteiger partial charge on any atom is 0.113 e. The van der Waals surface area contributed by atoms with Gasteiger partial charge in [0.1, 0.15) is 5.69 Å². The van der Waals surface area contributed by atoms with Crippen LogP contribution in [0.3, 0.4) is 0 Å². The quantitative estimate of drug-likeness (QED) is 0.804. The van der Waals surface area contributed by atoms with Crippen LogP contribution in [0.25, 0.3) is 11.3 Å². The number of nitrogens with zero attached hydrogens (tertiary/aromatic N) is 3. The van der Waals surface area contributed by atoms with Gasteiger partial charge in [-0.1, -0.05) is 56.3 Å². The summed E-state index contributed by atoms with van der Waals surface area (Å²) >= 11 is 0. The van der Waals surface area contributed by atoms with Gasteiger partial charge in [0, 0.05) is 12.1 Å². The zero-order valence-corrected chi connectivity index (χ0v) is 10.7. The molecule has 0 aliphatic carbocycles. The zero-order valence-electron chi connectivity index (χ0n) is 10.7. The van der Waals surface area contributed by atoms with Crippen LogP contribution in [0.2, 0.25) is 0 Å². The molecule has 0 atom stereocenters. The summed E-state index contributed by atoms with van der Waals surface area (Å²) in [5, 5.41) is 8.41. The molecule has 0 unspecified atom stereocenters. The SMILES string of the molecule is CCC(C)(C)Cn1cc(-c2ccccc2)nn1. The predicted molar refractivity (Wildman–Crippen MR) is 69.5 cm³/mol. The maximum atomic E-state index is 4.22. The molecule has 0 amide bonds. The lowest BCUT2D eigenvalue weighted by atomic mass is 9.90. The van der Waals surface area contributed by atoms with E-state index < -0.39 is 0 Å².